The molecule has 2 atom stereocenters. The summed E-state index contributed by atoms with van der Waals surface area (Å²) in [6.45, 7) is 4.98. The van der Waals surface area contributed by atoms with Crippen molar-refractivity contribution in [3.05, 3.63) is 59.2 Å². The van der Waals surface area contributed by atoms with Gasteiger partial charge in [0.1, 0.15) is 5.75 Å². The second kappa shape index (κ2) is 10.8. The van der Waals surface area contributed by atoms with Crippen LogP contribution in [0.2, 0.25) is 0 Å². The van der Waals surface area contributed by atoms with Gasteiger partial charge >= 0.3 is 6.18 Å². The summed E-state index contributed by atoms with van der Waals surface area (Å²) in [5, 5.41) is 2.94. The zero-order valence-electron chi connectivity index (χ0n) is 20.0. The molecule has 0 radical (unpaired) electrons. The van der Waals surface area contributed by atoms with Crippen LogP contribution in [0.3, 0.4) is 0 Å². The van der Waals surface area contributed by atoms with Crippen LogP contribution in [0.15, 0.2) is 47.4 Å². The maximum absolute atomic E-state index is 13.0. The van der Waals surface area contributed by atoms with E-state index >= 15 is 0 Å². The summed E-state index contributed by atoms with van der Waals surface area (Å²) in [5.74, 6) is 0.370. The number of hydrogen-bond acceptors (Lipinski definition) is 5. The van der Waals surface area contributed by atoms with Gasteiger partial charge in [-0.2, -0.15) is 13.2 Å². The van der Waals surface area contributed by atoms with Crippen LogP contribution in [0, 0.1) is 0 Å². The molecule has 7 nitrogen and oxygen atoms in total. The van der Waals surface area contributed by atoms with Gasteiger partial charge in [-0.15, -0.1) is 0 Å². The number of halogens is 3. The van der Waals surface area contributed by atoms with E-state index in [0.717, 1.165) is 54.7 Å². The molecule has 2 aliphatic heterocycles. The molecule has 196 valence electrons. The van der Waals surface area contributed by atoms with Crippen molar-refractivity contribution in [2.24, 2.45) is 0 Å². The summed E-state index contributed by atoms with van der Waals surface area (Å²) in [4.78, 5) is 14.6. The summed E-state index contributed by atoms with van der Waals surface area (Å²) in [6, 6.07) is 8.42. The summed E-state index contributed by atoms with van der Waals surface area (Å²) < 4.78 is 72.1. The van der Waals surface area contributed by atoms with Gasteiger partial charge in [0.05, 0.1) is 23.1 Å². The highest BCUT2D eigenvalue weighted by Gasteiger charge is 2.32. The van der Waals surface area contributed by atoms with Crippen molar-refractivity contribution >= 4 is 15.9 Å². The minimum atomic E-state index is -4.66. The molecule has 2 N–H and O–H groups in total. The first kappa shape index (κ1) is 26.4. The van der Waals surface area contributed by atoms with Gasteiger partial charge in [0.25, 0.3) is 0 Å². The molecule has 2 aromatic carbocycles. The van der Waals surface area contributed by atoms with Crippen molar-refractivity contribution in [1.29, 1.82) is 0 Å². The maximum atomic E-state index is 13.0. The van der Waals surface area contributed by atoms with Gasteiger partial charge in [0, 0.05) is 31.0 Å². The molecule has 36 heavy (non-hydrogen) atoms. The molecular formula is C25H30F3N3O4S. The number of nitrogens with zero attached hydrogens (tertiary/aromatic N) is 1. The Morgan fingerprint density at radius 3 is 2.64 bits per heavy atom. The van der Waals surface area contributed by atoms with Crippen LogP contribution in [0.1, 0.15) is 55.3 Å². The van der Waals surface area contributed by atoms with Gasteiger partial charge in [-0.1, -0.05) is 18.2 Å². The van der Waals surface area contributed by atoms with E-state index < -0.39 is 32.7 Å². The van der Waals surface area contributed by atoms with Gasteiger partial charge in [-0.05, 0) is 62.7 Å². The Balaban J connectivity index is 1.35. The Kier molecular flexibility index (Phi) is 7.91. The molecule has 11 heteroatoms. The Morgan fingerprint density at radius 2 is 1.92 bits per heavy atom. The number of amides is 1. The van der Waals surface area contributed by atoms with Crippen LogP contribution >= 0.6 is 0 Å². The molecule has 0 unspecified atom stereocenters. The van der Waals surface area contributed by atoms with Gasteiger partial charge in [-0.3, -0.25) is 9.69 Å². The first-order chi connectivity index (χ1) is 17.0. The molecule has 0 spiro atoms. The lowest BCUT2D eigenvalue weighted by Gasteiger charge is -2.28. The highest BCUT2D eigenvalue weighted by molar-refractivity contribution is 7.89. The minimum Gasteiger partial charge on any atom is -0.493 e. The average molecular weight is 526 g/mol. The van der Waals surface area contributed by atoms with E-state index in [2.05, 4.69) is 14.9 Å². The van der Waals surface area contributed by atoms with Crippen LogP contribution in [0.25, 0.3) is 0 Å². The van der Waals surface area contributed by atoms with Crippen molar-refractivity contribution < 1.29 is 31.1 Å². The van der Waals surface area contributed by atoms with Crippen LogP contribution < -0.4 is 14.8 Å². The number of fused-ring (bicyclic) bond motifs is 1. The Hall–Kier alpha value is -2.63. The smallest absolute Gasteiger partial charge is 0.416 e. The largest absolute Gasteiger partial charge is 0.493 e. The van der Waals surface area contributed by atoms with Crippen molar-refractivity contribution in [1.82, 2.24) is 14.9 Å². The highest BCUT2D eigenvalue weighted by atomic mass is 32.2. The Bertz CT molecular complexity index is 1200. The molecule has 0 aliphatic carbocycles. The molecule has 0 saturated carbocycles. The van der Waals surface area contributed by atoms with Crippen LogP contribution in [0.4, 0.5) is 13.2 Å². The molecule has 4 rings (SSSR count). The fourth-order valence-electron chi connectivity index (χ4n) is 4.63. The fourth-order valence-corrected chi connectivity index (χ4v) is 5.92. The molecule has 2 heterocycles. The second-order valence-electron chi connectivity index (χ2n) is 9.36. The number of carbonyl (C=O) groups excluding carboxylic acids is 1. The topological polar surface area (TPSA) is 87.7 Å². The number of rotatable bonds is 8. The summed E-state index contributed by atoms with van der Waals surface area (Å²) in [5.41, 5.74) is 0.967. The lowest BCUT2D eigenvalue weighted by Crippen LogP contribution is -2.39. The van der Waals surface area contributed by atoms with Crippen LogP contribution in [-0.2, 0) is 27.5 Å². The molecule has 0 aromatic heterocycles. The van der Waals surface area contributed by atoms with Crippen LogP contribution in [-0.4, -0.2) is 45.0 Å². The lowest BCUT2D eigenvalue weighted by atomic mass is 9.98. The number of hydrogen-bond donors (Lipinski definition) is 2. The van der Waals surface area contributed by atoms with E-state index in [1.807, 2.05) is 18.2 Å². The van der Waals surface area contributed by atoms with Gasteiger partial charge in [0.15, 0.2) is 0 Å². The SMILES string of the molecule is C[C@@H](CC(=O)N[C@@H]1CCOc2cc(CN3CCCC3)ccc21)NS(=O)(=O)c1cccc(C(F)(F)F)c1. The third kappa shape index (κ3) is 6.57. The highest BCUT2D eigenvalue weighted by Crippen LogP contribution is 2.34. The Morgan fingerprint density at radius 1 is 1.17 bits per heavy atom. The van der Waals surface area contributed by atoms with Crippen molar-refractivity contribution in [3.63, 3.8) is 0 Å². The maximum Gasteiger partial charge on any atom is 0.416 e. The molecule has 0 bridgehead atoms. The van der Waals surface area contributed by atoms with E-state index in [1.165, 1.54) is 19.8 Å². The predicted octanol–water partition coefficient (Wildman–Crippen LogP) is 4.00. The monoisotopic (exact) mass is 525 g/mol. The van der Waals surface area contributed by atoms with Crippen LogP contribution in [0.5, 0.6) is 5.75 Å². The second-order valence-corrected chi connectivity index (χ2v) is 11.1. The first-order valence-electron chi connectivity index (χ1n) is 12.0. The molecule has 1 saturated heterocycles. The Labute approximate surface area is 209 Å². The van der Waals surface area contributed by atoms with E-state index in [4.69, 9.17) is 4.74 Å². The zero-order valence-corrected chi connectivity index (χ0v) is 20.8. The van der Waals surface area contributed by atoms with E-state index in [-0.39, 0.29) is 18.4 Å². The summed E-state index contributed by atoms with van der Waals surface area (Å²) in [6.07, 6.45) is -1.83. The van der Waals surface area contributed by atoms with E-state index in [1.54, 1.807) is 0 Å². The number of nitrogens with one attached hydrogen (secondary N) is 2. The average Bonchev–Trinajstić information content (AvgIpc) is 3.31. The minimum absolute atomic E-state index is 0.169. The van der Waals surface area contributed by atoms with Crippen molar-refractivity contribution in [2.75, 3.05) is 19.7 Å². The fraction of sp³-hybridized carbons (Fsp3) is 0.480. The predicted molar refractivity (Wildman–Crippen MR) is 128 cm³/mol. The van der Waals surface area contributed by atoms with Gasteiger partial charge in [-0.25, -0.2) is 13.1 Å². The van der Waals surface area contributed by atoms with E-state index in [9.17, 15) is 26.4 Å². The molecule has 2 aromatic rings. The first-order valence-corrected chi connectivity index (χ1v) is 13.5. The zero-order chi connectivity index (χ0) is 25.9. The quantitative estimate of drug-likeness (QED) is 0.544. The van der Waals surface area contributed by atoms with E-state index in [0.29, 0.717) is 19.1 Å². The van der Waals surface area contributed by atoms with Gasteiger partial charge in [0.2, 0.25) is 15.9 Å². The van der Waals surface area contributed by atoms with Gasteiger partial charge < -0.3 is 10.1 Å². The molecular weight excluding hydrogens is 495 g/mol. The third-order valence-corrected chi connectivity index (χ3v) is 7.96. The van der Waals surface area contributed by atoms with Crippen molar-refractivity contribution in [3.8, 4) is 5.75 Å². The summed E-state index contributed by atoms with van der Waals surface area (Å²) >= 11 is 0. The number of carbonyl (C=O) groups is 1. The summed E-state index contributed by atoms with van der Waals surface area (Å²) in [7, 11) is -4.24. The number of sulfonamides is 1. The molecule has 1 amide bonds. The number of ether oxygens (including phenoxy) is 1. The lowest BCUT2D eigenvalue weighted by molar-refractivity contribution is -0.137. The standard InChI is InChI=1S/C25H30F3N3O4S/c1-17(30-36(33,34)20-6-4-5-19(15-20)25(26,27)28)13-24(32)29-22-9-12-35-23-14-18(7-8-21(22)23)16-31-10-2-3-11-31/h4-8,14-15,17,22,30H,2-3,9-13,16H2,1H3,(H,29,32)/t17-,22+/m0/s1. The molecule has 1 fully saturated rings. The normalized spacial score (nSPS) is 19.4. The third-order valence-electron chi connectivity index (χ3n) is 6.38. The van der Waals surface area contributed by atoms with Crippen molar-refractivity contribution in [2.45, 2.75) is 62.3 Å². The number of benzene rings is 2. The molecule has 2 aliphatic rings. The number of alkyl halides is 3. The number of likely N-dealkylation sites (tertiary alicyclic amines) is 1.